The molecular formula is C21H25N3OS. The Labute approximate surface area is 158 Å². The van der Waals surface area contributed by atoms with Gasteiger partial charge in [0.15, 0.2) is 0 Å². The first kappa shape index (κ1) is 17.3. The highest BCUT2D eigenvalue weighted by Gasteiger charge is 2.25. The number of thiophene rings is 1. The Morgan fingerprint density at radius 3 is 2.46 bits per heavy atom. The Kier molecular flexibility index (Phi) is 4.59. The molecule has 3 heterocycles. The number of aryl methyl sites for hydroxylation is 3. The van der Waals surface area contributed by atoms with E-state index in [1.807, 2.05) is 4.90 Å². The van der Waals surface area contributed by atoms with Crippen LogP contribution in [0.25, 0.3) is 10.9 Å². The number of rotatable bonds is 3. The van der Waals surface area contributed by atoms with E-state index in [1.54, 1.807) is 11.3 Å². The molecule has 1 aromatic carbocycles. The Morgan fingerprint density at radius 1 is 1.08 bits per heavy atom. The maximum absolute atomic E-state index is 13.1. The first-order valence-corrected chi connectivity index (χ1v) is 10.1. The second-order valence-corrected chi connectivity index (χ2v) is 8.05. The fourth-order valence-electron chi connectivity index (χ4n) is 3.92. The number of fused-ring (bicyclic) bond motifs is 1. The van der Waals surface area contributed by atoms with Crippen LogP contribution in [0.4, 0.5) is 0 Å². The van der Waals surface area contributed by atoms with Gasteiger partial charge in [-0.1, -0.05) is 12.1 Å². The molecule has 1 fully saturated rings. The third kappa shape index (κ3) is 3.06. The number of H-pyrrole nitrogens is 1. The molecule has 5 heteroatoms. The summed E-state index contributed by atoms with van der Waals surface area (Å²) in [4.78, 5) is 20.9. The number of benzene rings is 1. The average molecular weight is 368 g/mol. The highest BCUT2D eigenvalue weighted by molar-refractivity contribution is 7.07. The zero-order valence-electron chi connectivity index (χ0n) is 15.6. The molecule has 0 bridgehead atoms. The molecule has 0 saturated carbocycles. The van der Waals surface area contributed by atoms with Gasteiger partial charge in [-0.2, -0.15) is 11.3 Å². The van der Waals surface area contributed by atoms with Gasteiger partial charge in [-0.3, -0.25) is 9.69 Å². The van der Waals surface area contributed by atoms with Gasteiger partial charge in [0.1, 0.15) is 5.69 Å². The third-order valence-electron chi connectivity index (χ3n) is 5.48. The van der Waals surface area contributed by atoms with E-state index >= 15 is 0 Å². The summed E-state index contributed by atoms with van der Waals surface area (Å²) in [5, 5.41) is 5.53. The molecule has 4 nitrogen and oxygen atoms in total. The van der Waals surface area contributed by atoms with Crippen LogP contribution in [0.15, 0.2) is 29.0 Å². The van der Waals surface area contributed by atoms with E-state index < -0.39 is 0 Å². The van der Waals surface area contributed by atoms with Gasteiger partial charge in [0.05, 0.1) is 0 Å². The summed E-state index contributed by atoms with van der Waals surface area (Å²) >= 11 is 1.74. The molecule has 0 atom stereocenters. The number of nitrogens with zero attached hydrogens (tertiary/aromatic N) is 2. The van der Waals surface area contributed by atoms with Gasteiger partial charge in [-0.05, 0) is 59.9 Å². The highest BCUT2D eigenvalue weighted by atomic mass is 32.1. The van der Waals surface area contributed by atoms with Gasteiger partial charge < -0.3 is 9.88 Å². The van der Waals surface area contributed by atoms with Crippen molar-refractivity contribution in [1.82, 2.24) is 14.8 Å². The number of piperazine rings is 1. The predicted octanol–water partition coefficient (Wildman–Crippen LogP) is 4.11. The van der Waals surface area contributed by atoms with Gasteiger partial charge in [0.2, 0.25) is 0 Å². The molecule has 0 spiro atoms. The van der Waals surface area contributed by atoms with Crippen LogP contribution in [0.5, 0.6) is 0 Å². The molecule has 1 N–H and O–H groups in total. The van der Waals surface area contributed by atoms with Crippen molar-refractivity contribution in [3.63, 3.8) is 0 Å². The topological polar surface area (TPSA) is 39.3 Å². The molecule has 2 aromatic heterocycles. The van der Waals surface area contributed by atoms with Crippen molar-refractivity contribution in [3.8, 4) is 0 Å². The van der Waals surface area contributed by atoms with Crippen molar-refractivity contribution in [3.05, 3.63) is 56.9 Å². The molecule has 3 aromatic rings. The molecule has 0 radical (unpaired) electrons. The fourth-order valence-corrected chi connectivity index (χ4v) is 4.58. The Balaban J connectivity index is 1.50. The molecule has 136 valence electrons. The van der Waals surface area contributed by atoms with Gasteiger partial charge in [-0.15, -0.1) is 0 Å². The fraction of sp³-hybridized carbons (Fsp3) is 0.381. The van der Waals surface area contributed by atoms with Gasteiger partial charge in [0, 0.05) is 43.6 Å². The minimum Gasteiger partial charge on any atom is -0.350 e. The minimum absolute atomic E-state index is 0.132. The molecule has 0 aliphatic carbocycles. The summed E-state index contributed by atoms with van der Waals surface area (Å²) in [6, 6.07) is 6.43. The molecule has 26 heavy (non-hydrogen) atoms. The highest BCUT2D eigenvalue weighted by Crippen LogP contribution is 2.28. The number of aromatic nitrogens is 1. The lowest BCUT2D eigenvalue weighted by Crippen LogP contribution is -2.48. The first-order valence-electron chi connectivity index (χ1n) is 9.16. The van der Waals surface area contributed by atoms with Crippen molar-refractivity contribution >= 4 is 28.1 Å². The predicted molar refractivity (Wildman–Crippen MR) is 108 cm³/mol. The van der Waals surface area contributed by atoms with E-state index in [9.17, 15) is 4.79 Å². The van der Waals surface area contributed by atoms with Gasteiger partial charge in [-0.25, -0.2) is 0 Å². The average Bonchev–Trinajstić information content (AvgIpc) is 3.27. The Morgan fingerprint density at radius 2 is 1.81 bits per heavy atom. The van der Waals surface area contributed by atoms with Gasteiger partial charge >= 0.3 is 0 Å². The Hall–Kier alpha value is -2.11. The quantitative estimate of drug-likeness (QED) is 0.757. The van der Waals surface area contributed by atoms with Crippen LogP contribution in [0.2, 0.25) is 0 Å². The number of amides is 1. The van der Waals surface area contributed by atoms with Crippen LogP contribution in [0.3, 0.4) is 0 Å². The molecule has 1 amide bonds. The lowest BCUT2D eigenvalue weighted by atomic mass is 10.0. The van der Waals surface area contributed by atoms with Crippen LogP contribution in [0, 0.1) is 20.8 Å². The van der Waals surface area contributed by atoms with Crippen LogP contribution in [-0.4, -0.2) is 46.9 Å². The van der Waals surface area contributed by atoms with Crippen LogP contribution < -0.4 is 0 Å². The van der Waals surface area contributed by atoms with E-state index in [1.165, 1.54) is 22.1 Å². The zero-order chi connectivity index (χ0) is 18.3. The Bertz CT molecular complexity index is 934. The summed E-state index contributed by atoms with van der Waals surface area (Å²) in [5.41, 5.74) is 6.71. The minimum atomic E-state index is 0.132. The van der Waals surface area contributed by atoms with Crippen molar-refractivity contribution in [1.29, 1.82) is 0 Å². The number of hydrogen-bond donors (Lipinski definition) is 1. The molecule has 0 unspecified atom stereocenters. The number of hydrogen-bond acceptors (Lipinski definition) is 3. The van der Waals surface area contributed by atoms with Crippen LogP contribution in [-0.2, 0) is 6.54 Å². The third-order valence-corrected chi connectivity index (χ3v) is 6.21. The van der Waals surface area contributed by atoms with E-state index in [0.717, 1.165) is 49.5 Å². The maximum Gasteiger partial charge on any atom is 0.270 e. The summed E-state index contributed by atoms with van der Waals surface area (Å²) < 4.78 is 0. The van der Waals surface area contributed by atoms with Crippen molar-refractivity contribution < 1.29 is 4.79 Å². The summed E-state index contributed by atoms with van der Waals surface area (Å²) in [5.74, 6) is 0.132. The standard InChI is InChI=1S/C21H25N3OS/c1-14-4-5-15(2)19-18(14)16(3)20(22-19)21(25)24-9-7-23(8-10-24)12-17-6-11-26-13-17/h4-6,11,13,22H,7-10,12H2,1-3H3. The number of nitrogens with one attached hydrogen (secondary N) is 1. The molecule has 1 saturated heterocycles. The smallest absolute Gasteiger partial charge is 0.270 e. The lowest BCUT2D eigenvalue weighted by Gasteiger charge is -2.34. The van der Waals surface area contributed by atoms with Crippen LogP contribution in [0.1, 0.15) is 32.7 Å². The summed E-state index contributed by atoms with van der Waals surface area (Å²) in [6.07, 6.45) is 0. The summed E-state index contributed by atoms with van der Waals surface area (Å²) in [6.45, 7) is 10.7. The first-order chi connectivity index (χ1) is 12.5. The van der Waals surface area contributed by atoms with E-state index in [0.29, 0.717) is 0 Å². The second kappa shape index (κ2) is 6.89. The van der Waals surface area contributed by atoms with E-state index in [4.69, 9.17) is 0 Å². The van der Waals surface area contributed by atoms with E-state index in [-0.39, 0.29) is 5.91 Å². The van der Waals surface area contributed by atoms with Crippen molar-refractivity contribution in [2.45, 2.75) is 27.3 Å². The normalized spacial score (nSPS) is 15.7. The number of carbonyl (C=O) groups is 1. The number of aromatic amines is 1. The summed E-state index contributed by atoms with van der Waals surface area (Å²) in [7, 11) is 0. The van der Waals surface area contributed by atoms with Crippen molar-refractivity contribution in [2.24, 2.45) is 0 Å². The molecule has 1 aliphatic rings. The van der Waals surface area contributed by atoms with E-state index in [2.05, 4.69) is 59.6 Å². The lowest BCUT2D eigenvalue weighted by molar-refractivity contribution is 0.0623. The van der Waals surface area contributed by atoms with Crippen LogP contribution >= 0.6 is 11.3 Å². The second-order valence-electron chi connectivity index (χ2n) is 7.27. The monoisotopic (exact) mass is 367 g/mol. The zero-order valence-corrected chi connectivity index (χ0v) is 16.4. The SMILES string of the molecule is Cc1ccc(C)c2c(C)c(C(=O)N3CCN(Cc4ccsc4)CC3)[nH]c12. The van der Waals surface area contributed by atoms with Gasteiger partial charge in [0.25, 0.3) is 5.91 Å². The molecule has 4 rings (SSSR count). The molecule has 1 aliphatic heterocycles. The largest absolute Gasteiger partial charge is 0.350 e. The number of carbonyl (C=O) groups excluding carboxylic acids is 1. The van der Waals surface area contributed by atoms with Crippen molar-refractivity contribution in [2.75, 3.05) is 26.2 Å². The maximum atomic E-state index is 13.1. The molecular weight excluding hydrogens is 342 g/mol.